The summed E-state index contributed by atoms with van der Waals surface area (Å²) in [5, 5.41) is 11.3. The number of primary amides is 1. The van der Waals surface area contributed by atoms with Crippen molar-refractivity contribution in [2.24, 2.45) is 5.73 Å². The lowest BCUT2D eigenvalue weighted by Crippen LogP contribution is -2.50. The van der Waals surface area contributed by atoms with Crippen molar-refractivity contribution in [1.82, 2.24) is 5.32 Å². The molecule has 1 aromatic rings. The predicted molar refractivity (Wildman–Crippen MR) is 90.4 cm³/mol. The summed E-state index contributed by atoms with van der Waals surface area (Å²) in [4.78, 5) is 39.5. The lowest BCUT2D eigenvalue weighted by Gasteiger charge is -2.30. The number of benzene rings is 1. The van der Waals surface area contributed by atoms with Gasteiger partial charge in [0.15, 0.2) is 0 Å². The molecule has 0 radical (unpaired) electrons. The molecule has 1 fully saturated rings. The lowest BCUT2D eigenvalue weighted by molar-refractivity contribution is -0.236. The maximum atomic E-state index is 13.0. The molecule has 7 heteroatoms. The number of aryl methyl sites for hydroxylation is 1. The van der Waals surface area contributed by atoms with Gasteiger partial charge in [0.25, 0.3) is 0 Å². The molecule has 0 heterocycles. The van der Waals surface area contributed by atoms with Crippen molar-refractivity contribution in [2.45, 2.75) is 56.9 Å². The highest BCUT2D eigenvalue weighted by molar-refractivity contribution is 5.92. The molecule has 2 amide bonds. The van der Waals surface area contributed by atoms with E-state index in [1.807, 2.05) is 31.2 Å². The minimum absolute atomic E-state index is 0.0234. The van der Waals surface area contributed by atoms with E-state index in [1.54, 1.807) is 0 Å². The molecular weight excluding hydrogens is 324 g/mol. The van der Waals surface area contributed by atoms with Gasteiger partial charge in [-0.1, -0.05) is 42.7 Å². The molecule has 25 heavy (non-hydrogen) atoms. The normalized spacial score (nSPS) is 16.9. The van der Waals surface area contributed by atoms with Crippen LogP contribution >= 0.6 is 0 Å². The molecule has 2 rings (SSSR count). The summed E-state index contributed by atoms with van der Waals surface area (Å²) in [6.07, 6.45) is 3.06. The Morgan fingerprint density at radius 2 is 1.84 bits per heavy atom. The fraction of sp³-hybridized carbons (Fsp3) is 0.500. The Hall–Kier alpha value is -2.41. The Balaban J connectivity index is 2.22. The topological polar surface area (TPSA) is 119 Å². The third kappa shape index (κ3) is 4.36. The fourth-order valence-electron chi connectivity index (χ4n) is 3.39. The highest BCUT2D eigenvalue weighted by Gasteiger charge is 2.44. The Morgan fingerprint density at radius 3 is 2.36 bits per heavy atom. The number of rotatable bonds is 7. The first kappa shape index (κ1) is 18.9. The summed E-state index contributed by atoms with van der Waals surface area (Å²) in [7, 11) is 0. The van der Waals surface area contributed by atoms with E-state index in [0.717, 1.165) is 24.0 Å². The Labute approximate surface area is 146 Å². The first-order chi connectivity index (χ1) is 11.9. The van der Waals surface area contributed by atoms with E-state index in [9.17, 15) is 14.4 Å². The van der Waals surface area contributed by atoms with E-state index in [-0.39, 0.29) is 18.7 Å². The molecule has 0 saturated heterocycles. The standard InChI is InChI=1S/C18H24N2O5/c1-12-4-6-13(7-5-12)18(10-2-3-11-18)17(23)20-14(16(22)25-24)8-9-15(19)21/h4-7,14,24H,2-3,8-11H2,1H3,(H2,19,21)(H,20,23)/t14-/m0/s1. The molecule has 7 nitrogen and oxygen atoms in total. The van der Waals surface area contributed by atoms with Gasteiger partial charge in [-0.05, 0) is 31.7 Å². The summed E-state index contributed by atoms with van der Waals surface area (Å²) >= 11 is 0. The molecule has 1 atom stereocenters. The van der Waals surface area contributed by atoms with Gasteiger partial charge in [-0.15, -0.1) is 0 Å². The molecule has 136 valence electrons. The summed E-state index contributed by atoms with van der Waals surface area (Å²) in [6, 6.07) is 6.66. The SMILES string of the molecule is Cc1ccc(C2(C(=O)N[C@@H](CCC(N)=O)C(=O)OO)CCCC2)cc1. The molecule has 1 saturated carbocycles. The van der Waals surface area contributed by atoms with E-state index in [4.69, 9.17) is 11.0 Å². The minimum Gasteiger partial charge on any atom is -0.370 e. The molecule has 0 spiro atoms. The quantitative estimate of drug-likeness (QED) is 0.510. The number of amides is 2. The highest BCUT2D eigenvalue weighted by Crippen LogP contribution is 2.41. The van der Waals surface area contributed by atoms with E-state index < -0.39 is 23.3 Å². The van der Waals surface area contributed by atoms with Gasteiger partial charge in [0.1, 0.15) is 6.04 Å². The summed E-state index contributed by atoms with van der Waals surface area (Å²) in [6.45, 7) is 1.97. The number of hydrogen-bond acceptors (Lipinski definition) is 5. The highest BCUT2D eigenvalue weighted by atomic mass is 17.1. The second kappa shape index (κ2) is 8.11. The Morgan fingerprint density at radius 1 is 1.24 bits per heavy atom. The second-order valence-corrected chi connectivity index (χ2v) is 6.60. The molecule has 0 bridgehead atoms. The molecule has 1 aliphatic carbocycles. The molecule has 1 aliphatic rings. The van der Waals surface area contributed by atoms with Crippen molar-refractivity contribution < 1.29 is 24.5 Å². The van der Waals surface area contributed by atoms with Crippen LogP contribution in [0.15, 0.2) is 24.3 Å². The third-order valence-corrected chi connectivity index (χ3v) is 4.86. The lowest BCUT2D eigenvalue weighted by atomic mass is 9.77. The van der Waals surface area contributed by atoms with Gasteiger partial charge in [-0.2, -0.15) is 5.26 Å². The van der Waals surface area contributed by atoms with E-state index >= 15 is 0 Å². The van der Waals surface area contributed by atoms with E-state index in [0.29, 0.717) is 12.8 Å². The smallest absolute Gasteiger partial charge is 0.364 e. The van der Waals surface area contributed by atoms with Crippen LogP contribution < -0.4 is 11.1 Å². The Kier molecular flexibility index (Phi) is 6.14. The van der Waals surface area contributed by atoms with Crippen molar-refractivity contribution in [3.05, 3.63) is 35.4 Å². The van der Waals surface area contributed by atoms with Crippen molar-refractivity contribution in [2.75, 3.05) is 0 Å². The van der Waals surface area contributed by atoms with Crippen LogP contribution in [0.1, 0.15) is 49.7 Å². The molecule has 0 aromatic heterocycles. The van der Waals surface area contributed by atoms with Gasteiger partial charge in [0.05, 0.1) is 5.41 Å². The summed E-state index contributed by atoms with van der Waals surface area (Å²) in [5.74, 6) is -1.90. The van der Waals surface area contributed by atoms with Crippen LogP contribution in [0.5, 0.6) is 0 Å². The number of nitrogens with two attached hydrogens (primary N) is 1. The molecule has 1 aromatic carbocycles. The molecule has 4 N–H and O–H groups in total. The van der Waals surface area contributed by atoms with Gasteiger partial charge in [0, 0.05) is 6.42 Å². The zero-order valence-electron chi connectivity index (χ0n) is 14.3. The minimum atomic E-state index is -1.12. The number of hydrogen-bond donors (Lipinski definition) is 3. The van der Waals surface area contributed by atoms with Crippen molar-refractivity contribution in [3.8, 4) is 0 Å². The summed E-state index contributed by atoms with van der Waals surface area (Å²) < 4.78 is 0. The predicted octanol–water partition coefficient (Wildman–Crippen LogP) is 1.57. The fourth-order valence-corrected chi connectivity index (χ4v) is 3.39. The van der Waals surface area contributed by atoms with E-state index in [2.05, 4.69) is 10.2 Å². The monoisotopic (exact) mass is 348 g/mol. The largest absolute Gasteiger partial charge is 0.370 e. The van der Waals surface area contributed by atoms with Crippen LogP contribution in [0.4, 0.5) is 0 Å². The van der Waals surface area contributed by atoms with Gasteiger partial charge < -0.3 is 11.1 Å². The van der Waals surface area contributed by atoms with Crippen LogP contribution in [0.3, 0.4) is 0 Å². The van der Waals surface area contributed by atoms with Crippen molar-refractivity contribution in [3.63, 3.8) is 0 Å². The zero-order chi connectivity index (χ0) is 18.4. The zero-order valence-corrected chi connectivity index (χ0v) is 14.3. The number of carbonyl (C=O) groups excluding carboxylic acids is 3. The average molecular weight is 348 g/mol. The van der Waals surface area contributed by atoms with Crippen LogP contribution in [0.25, 0.3) is 0 Å². The molecular formula is C18H24N2O5. The van der Waals surface area contributed by atoms with Crippen LogP contribution in [0.2, 0.25) is 0 Å². The number of nitrogens with one attached hydrogen (secondary N) is 1. The van der Waals surface area contributed by atoms with Crippen LogP contribution in [-0.4, -0.2) is 29.1 Å². The van der Waals surface area contributed by atoms with Crippen molar-refractivity contribution >= 4 is 17.8 Å². The van der Waals surface area contributed by atoms with Gasteiger partial charge >= 0.3 is 5.97 Å². The average Bonchev–Trinajstić information content (AvgIpc) is 3.09. The van der Waals surface area contributed by atoms with Crippen molar-refractivity contribution in [1.29, 1.82) is 0 Å². The summed E-state index contributed by atoms with van der Waals surface area (Å²) in [5.41, 5.74) is 6.39. The first-order valence-electron chi connectivity index (χ1n) is 8.41. The second-order valence-electron chi connectivity index (χ2n) is 6.60. The maximum Gasteiger partial charge on any atom is 0.364 e. The Bertz CT molecular complexity index is 635. The van der Waals surface area contributed by atoms with Gasteiger partial charge in [-0.25, -0.2) is 4.79 Å². The van der Waals surface area contributed by atoms with Gasteiger partial charge in [0.2, 0.25) is 11.8 Å². The first-order valence-corrected chi connectivity index (χ1v) is 8.41. The van der Waals surface area contributed by atoms with Crippen LogP contribution in [-0.2, 0) is 24.7 Å². The van der Waals surface area contributed by atoms with Crippen LogP contribution in [0, 0.1) is 6.92 Å². The van der Waals surface area contributed by atoms with Gasteiger partial charge in [-0.3, -0.25) is 14.5 Å². The maximum absolute atomic E-state index is 13.0. The van der Waals surface area contributed by atoms with E-state index in [1.165, 1.54) is 0 Å². The molecule has 0 unspecified atom stereocenters. The third-order valence-electron chi connectivity index (χ3n) is 4.86. The molecule has 0 aliphatic heterocycles. The number of carbonyl (C=O) groups is 3.